The van der Waals surface area contributed by atoms with E-state index in [4.69, 9.17) is 4.74 Å². The summed E-state index contributed by atoms with van der Waals surface area (Å²) in [5.41, 5.74) is -0.0791. The van der Waals surface area contributed by atoms with Gasteiger partial charge in [-0.3, -0.25) is 9.36 Å². The Bertz CT molecular complexity index is 1360. The molecule has 0 unspecified atom stereocenters. The Morgan fingerprint density at radius 3 is 2.39 bits per heavy atom. The average molecular weight is 471 g/mol. The van der Waals surface area contributed by atoms with Crippen LogP contribution in [-0.4, -0.2) is 39.8 Å². The maximum absolute atomic E-state index is 12.9. The van der Waals surface area contributed by atoms with Crippen molar-refractivity contribution >= 4 is 21.4 Å². The highest BCUT2D eigenvalue weighted by atomic mass is 32.2. The van der Waals surface area contributed by atoms with E-state index in [0.717, 1.165) is 12.1 Å². The number of halogens is 2. The number of alkyl halides is 2. The molecule has 0 fully saturated rings. The van der Waals surface area contributed by atoms with E-state index < -0.39 is 26.4 Å². The molecule has 0 saturated heterocycles. The second-order valence-electron chi connectivity index (χ2n) is 6.58. The van der Waals surface area contributed by atoms with Crippen LogP contribution in [0.3, 0.4) is 0 Å². The van der Waals surface area contributed by atoms with Gasteiger partial charge in [0.05, 0.1) is 10.5 Å². The van der Waals surface area contributed by atoms with Crippen molar-refractivity contribution in [1.82, 2.24) is 19.7 Å². The van der Waals surface area contributed by atoms with Crippen LogP contribution in [0.1, 0.15) is 10.4 Å². The van der Waals surface area contributed by atoms with Crippen LogP contribution in [0.4, 0.5) is 14.5 Å². The summed E-state index contributed by atoms with van der Waals surface area (Å²) in [7, 11) is -4.94. The van der Waals surface area contributed by atoms with Crippen molar-refractivity contribution in [2.75, 3.05) is 5.32 Å². The number of sulfone groups is 1. The van der Waals surface area contributed by atoms with Gasteiger partial charge in [0, 0.05) is 24.1 Å². The third kappa shape index (κ3) is 4.85. The van der Waals surface area contributed by atoms with E-state index in [0.29, 0.717) is 17.3 Å². The standard InChI is InChI=1S/C21H15F2N5O4S/c22-21(23)33(30,31)17-4-2-1-3-16(17)20(29)25-14-5-7-15(8-6-14)32-19-10-9-18(26-27-19)28-12-11-24-13-28/h1-13,21H,(H,25,29). The molecule has 4 rings (SSSR count). The summed E-state index contributed by atoms with van der Waals surface area (Å²) in [6.07, 6.45) is 4.92. The lowest BCUT2D eigenvalue weighted by atomic mass is 10.2. The van der Waals surface area contributed by atoms with E-state index in [1.54, 1.807) is 47.6 Å². The molecule has 12 heteroatoms. The molecule has 9 nitrogen and oxygen atoms in total. The lowest BCUT2D eigenvalue weighted by Crippen LogP contribution is -2.19. The average Bonchev–Trinajstić information content (AvgIpc) is 3.36. The first kappa shape index (κ1) is 22.0. The van der Waals surface area contributed by atoms with Crippen LogP contribution in [0.5, 0.6) is 11.6 Å². The molecular formula is C21H15F2N5O4S. The Balaban J connectivity index is 1.45. The zero-order valence-electron chi connectivity index (χ0n) is 16.7. The van der Waals surface area contributed by atoms with Gasteiger partial charge in [-0.1, -0.05) is 12.1 Å². The lowest BCUT2D eigenvalue weighted by molar-refractivity contribution is 0.102. The number of carbonyl (C=O) groups excluding carboxylic acids is 1. The fourth-order valence-corrected chi connectivity index (χ4v) is 3.75. The number of carbonyl (C=O) groups is 1. The molecule has 0 aliphatic heterocycles. The molecule has 33 heavy (non-hydrogen) atoms. The summed E-state index contributed by atoms with van der Waals surface area (Å²) >= 11 is 0. The minimum atomic E-state index is -4.94. The topological polar surface area (TPSA) is 116 Å². The largest absolute Gasteiger partial charge is 0.438 e. The molecular weight excluding hydrogens is 456 g/mol. The Labute approximate surface area is 186 Å². The molecule has 0 bridgehead atoms. The third-order valence-electron chi connectivity index (χ3n) is 4.40. The van der Waals surface area contributed by atoms with Gasteiger partial charge in [-0.25, -0.2) is 13.4 Å². The smallest absolute Gasteiger partial charge is 0.341 e. The maximum atomic E-state index is 12.9. The molecule has 0 aliphatic carbocycles. The van der Waals surface area contributed by atoms with E-state index in [1.165, 1.54) is 24.3 Å². The van der Waals surface area contributed by atoms with Crippen LogP contribution in [0.25, 0.3) is 5.82 Å². The quantitative estimate of drug-likeness (QED) is 0.437. The van der Waals surface area contributed by atoms with E-state index in [-0.39, 0.29) is 11.4 Å². The number of aromatic nitrogens is 4. The van der Waals surface area contributed by atoms with Gasteiger partial charge in [0.25, 0.3) is 5.91 Å². The molecule has 1 amide bonds. The zero-order chi connectivity index (χ0) is 23.4. The van der Waals surface area contributed by atoms with Crippen LogP contribution in [0, 0.1) is 0 Å². The highest BCUT2D eigenvalue weighted by Crippen LogP contribution is 2.25. The summed E-state index contributed by atoms with van der Waals surface area (Å²) in [5.74, 6) is -3.28. The van der Waals surface area contributed by atoms with Crippen molar-refractivity contribution < 1.29 is 26.7 Å². The summed E-state index contributed by atoms with van der Waals surface area (Å²) in [5, 5.41) is 10.5. The number of anilines is 1. The first-order chi connectivity index (χ1) is 15.8. The summed E-state index contributed by atoms with van der Waals surface area (Å²) in [4.78, 5) is 15.7. The number of nitrogens with zero attached hydrogens (tertiary/aromatic N) is 4. The Kier molecular flexibility index (Phi) is 6.09. The number of hydrogen-bond donors (Lipinski definition) is 1. The molecule has 0 atom stereocenters. The van der Waals surface area contributed by atoms with Crippen LogP contribution < -0.4 is 10.1 Å². The number of ether oxygens (including phenoxy) is 1. The van der Waals surface area contributed by atoms with Crippen LogP contribution in [0.2, 0.25) is 0 Å². The first-order valence-corrected chi connectivity index (χ1v) is 10.9. The SMILES string of the molecule is O=C(Nc1ccc(Oc2ccc(-n3ccnc3)nn2)cc1)c1ccccc1S(=O)(=O)C(F)F. The van der Waals surface area contributed by atoms with Crippen molar-refractivity contribution in [3.8, 4) is 17.4 Å². The molecule has 0 aliphatic rings. The fraction of sp³-hybridized carbons (Fsp3) is 0.0476. The lowest BCUT2D eigenvalue weighted by Gasteiger charge is -2.11. The van der Waals surface area contributed by atoms with Gasteiger partial charge in [0.2, 0.25) is 15.7 Å². The van der Waals surface area contributed by atoms with Gasteiger partial charge in [-0.2, -0.15) is 8.78 Å². The number of nitrogens with one attached hydrogen (secondary N) is 1. The second kappa shape index (κ2) is 9.12. The van der Waals surface area contributed by atoms with Crippen molar-refractivity contribution in [2.24, 2.45) is 0 Å². The van der Waals surface area contributed by atoms with Gasteiger partial charge in [-0.05, 0) is 42.5 Å². The van der Waals surface area contributed by atoms with E-state index in [2.05, 4.69) is 20.5 Å². The summed E-state index contributed by atoms with van der Waals surface area (Å²) in [6, 6.07) is 14.2. The van der Waals surface area contributed by atoms with Gasteiger partial charge in [0.1, 0.15) is 12.1 Å². The molecule has 4 aromatic rings. The number of rotatable bonds is 7. The highest BCUT2D eigenvalue weighted by molar-refractivity contribution is 7.91. The van der Waals surface area contributed by atoms with E-state index >= 15 is 0 Å². The molecule has 168 valence electrons. The maximum Gasteiger partial charge on any atom is 0.341 e. The molecule has 2 heterocycles. The van der Waals surface area contributed by atoms with Gasteiger partial charge in [-0.15, -0.1) is 10.2 Å². The molecule has 1 N–H and O–H groups in total. The fourth-order valence-electron chi connectivity index (χ4n) is 2.82. The zero-order valence-corrected chi connectivity index (χ0v) is 17.5. The van der Waals surface area contributed by atoms with Crippen molar-refractivity contribution in [1.29, 1.82) is 0 Å². The highest BCUT2D eigenvalue weighted by Gasteiger charge is 2.30. The molecule has 2 aromatic heterocycles. The van der Waals surface area contributed by atoms with Gasteiger partial charge in [0.15, 0.2) is 5.82 Å². The third-order valence-corrected chi connectivity index (χ3v) is 5.84. The number of imidazole rings is 1. The van der Waals surface area contributed by atoms with Crippen LogP contribution in [-0.2, 0) is 9.84 Å². The van der Waals surface area contributed by atoms with Crippen molar-refractivity contribution in [2.45, 2.75) is 10.7 Å². The predicted octanol–water partition coefficient (Wildman–Crippen LogP) is 3.70. The van der Waals surface area contributed by atoms with Gasteiger partial charge >= 0.3 is 5.76 Å². The summed E-state index contributed by atoms with van der Waals surface area (Å²) in [6.45, 7) is 0. The number of hydrogen-bond acceptors (Lipinski definition) is 7. The van der Waals surface area contributed by atoms with Crippen LogP contribution in [0.15, 0.2) is 84.3 Å². The molecule has 0 saturated carbocycles. The molecule has 0 spiro atoms. The molecule has 0 radical (unpaired) electrons. The Hall–Kier alpha value is -4.19. The normalized spacial score (nSPS) is 11.4. The number of benzene rings is 2. The van der Waals surface area contributed by atoms with Gasteiger partial charge < -0.3 is 10.1 Å². The minimum Gasteiger partial charge on any atom is -0.438 e. The van der Waals surface area contributed by atoms with E-state index in [1.807, 2.05) is 0 Å². The summed E-state index contributed by atoms with van der Waals surface area (Å²) < 4.78 is 56.9. The van der Waals surface area contributed by atoms with Crippen LogP contribution >= 0.6 is 0 Å². The monoisotopic (exact) mass is 471 g/mol. The number of amides is 1. The second-order valence-corrected chi connectivity index (χ2v) is 8.47. The Morgan fingerprint density at radius 1 is 1.00 bits per heavy atom. The van der Waals surface area contributed by atoms with Crippen molar-refractivity contribution in [3.63, 3.8) is 0 Å². The van der Waals surface area contributed by atoms with E-state index in [9.17, 15) is 22.0 Å². The Morgan fingerprint density at radius 2 is 1.76 bits per heavy atom. The molecule has 2 aromatic carbocycles. The first-order valence-electron chi connectivity index (χ1n) is 9.37. The minimum absolute atomic E-state index is 0.238. The predicted molar refractivity (Wildman–Crippen MR) is 113 cm³/mol. The van der Waals surface area contributed by atoms with Crippen molar-refractivity contribution in [3.05, 3.63) is 84.9 Å².